The highest BCUT2D eigenvalue weighted by molar-refractivity contribution is 4.76. The van der Waals surface area contributed by atoms with Crippen molar-refractivity contribution in [2.75, 3.05) is 19.6 Å². The second kappa shape index (κ2) is 8.08. The highest BCUT2D eigenvalue weighted by Gasteiger charge is 2.23. The van der Waals surface area contributed by atoms with E-state index in [0.717, 1.165) is 19.6 Å². The molecule has 1 unspecified atom stereocenters. The molecule has 0 bridgehead atoms. The van der Waals surface area contributed by atoms with E-state index in [1.165, 1.54) is 25.7 Å². The molecule has 98 valence electrons. The van der Waals surface area contributed by atoms with Crippen molar-refractivity contribution in [2.24, 2.45) is 5.41 Å². The molecule has 1 N–H and O–H groups in total. The second-order valence-corrected chi connectivity index (χ2v) is 5.89. The number of aliphatic hydroxyl groups excluding tert-OH is 1. The van der Waals surface area contributed by atoms with Gasteiger partial charge in [-0.05, 0) is 31.3 Å². The van der Waals surface area contributed by atoms with Gasteiger partial charge in [-0.1, -0.05) is 47.5 Å². The molecule has 0 amide bonds. The number of hydrogen-bond donors (Lipinski definition) is 1. The van der Waals surface area contributed by atoms with Gasteiger partial charge in [-0.2, -0.15) is 0 Å². The van der Waals surface area contributed by atoms with Crippen molar-refractivity contribution in [1.29, 1.82) is 0 Å². The van der Waals surface area contributed by atoms with Gasteiger partial charge in [0.25, 0.3) is 0 Å². The molecule has 0 saturated heterocycles. The van der Waals surface area contributed by atoms with Crippen LogP contribution in [0.3, 0.4) is 0 Å². The van der Waals surface area contributed by atoms with E-state index in [4.69, 9.17) is 0 Å². The third-order valence-electron chi connectivity index (χ3n) is 3.09. The molecule has 0 aromatic heterocycles. The molecule has 0 aliphatic rings. The lowest BCUT2D eigenvalue weighted by molar-refractivity contribution is 0.0276. The van der Waals surface area contributed by atoms with Crippen molar-refractivity contribution >= 4 is 0 Å². The molecular weight excluding hydrogens is 198 g/mol. The molecule has 0 aliphatic heterocycles. The summed E-state index contributed by atoms with van der Waals surface area (Å²) >= 11 is 0. The molecule has 2 heteroatoms. The highest BCUT2D eigenvalue weighted by atomic mass is 16.3. The summed E-state index contributed by atoms with van der Waals surface area (Å²) < 4.78 is 0. The van der Waals surface area contributed by atoms with Crippen LogP contribution in [0.5, 0.6) is 0 Å². The lowest BCUT2D eigenvalue weighted by Gasteiger charge is -2.32. The third kappa shape index (κ3) is 7.24. The fourth-order valence-electron chi connectivity index (χ4n) is 1.58. The van der Waals surface area contributed by atoms with Gasteiger partial charge in [0, 0.05) is 6.54 Å². The van der Waals surface area contributed by atoms with Crippen LogP contribution in [0.1, 0.15) is 60.3 Å². The zero-order chi connectivity index (χ0) is 12.6. The van der Waals surface area contributed by atoms with E-state index in [0.29, 0.717) is 0 Å². The van der Waals surface area contributed by atoms with Gasteiger partial charge in [0.2, 0.25) is 0 Å². The van der Waals surface area contributed by atoms with E-state index in [1.54, 1.807) is 0 Å². The van der Waals surface area contributed by atoms with Crippen LogP contribution in [0.2, 0.25) is 0 Å². The summed E-state index contributed by atoms with van der Waals surface area (Å²) in [7, 11) is 0. The SMILES string of the molecule is CCCCN(CCCC)CC(O)C(C)(C)C. The number of nitrogens with zero attached hydrogens (tertiary/aromatic N) is 1. The summed E-state index contributed by atoms with van der Waals surface area (Å²) in [4.78, 5) is 2.42. The Morgan fingerprint density at radius 1 is 1.00 bits per heavy atom. The first kappa shape index (κ1) is 15.9. The first-order valence-corrected chi connectivity index (χ1v) is 6.82. The molecule has 0 rings (SSSR count). The highest BCUT2D eigenvalue weighted by Crippen LogP contribution is 2.20. The summed E-state index contributed by atoms with van der Waals surface area (Å²) in [5, 5.41) is 10.1. The predicted molar refractivity (Wildman–Crippen MR) is 71.7 cm³/mol. The smallest absolute Gasteiger partial charge is 0.0715 e. The zero-order valence-corrected chi connectivity index (χ0v) is 11.9. The minimum absolute atomic E-state index is 0.00329. The van der Waals surface area contributed by atoms with Gasteiger partial charge in [-0.25, -0.2) is 0 Å². The van der Waals surface area contributed by atoms with Gasteiger partial charge < -0.3 is 10.0 Å². The van der Waals surface area contributed by atoms with Crippen LogP contribution in [0.4, 0.5) is 0 Å². The normalized spacial score (nSPS) is 14.4. The second-order valence-electron chi connectivity index (χ2n) is 5.89. The first-order chi connectivity index (χ1) is 7.41. The van der Waals surface area contributed by atoms with Gasteiger partial charge in [-0.3, -0.25) is 0 Å². The largest absolute Gasteiger partial charge is 0.391 e. The molecule has 0 radical (unpaired) electrons. The molecule has 16 heavy (non-hydrogen) atoms. The summed E-state index contributed by atoms with van der Waals surface area (Å²) in [6, 6.07) is 0. The zero-order valence-electron chi connectivity index (χ0n) is 11.9. The van der Waals surface area contributed by atoms with Gasteiger partial charge in [0.1, 0.15) is 0 Å². The molecule has 0 aromatic carbocycles. The minimum Gasteiger partial charge on any atom is -0.391 e. The Balaban J connectivity index is 4.07. The summed E-state index contributed by atoms with van der Waals surface area (Å²) in [5.74, 6) is 0. The Labute approximate surface area is 102 Å². The van der Waals surface area contributed by atoms with Crippen molar-refractivity contribution in [1.82, 2.24) is 4.90 Å². The molecule has 0 heterocycles. The molecule has 2 nitrogen and oxygen atoms in total. The predicted octanol–water partition coefficient (Wildman–Crippen LogP) is 3.30. The summed E-state index contributed by atoms with van der Waals surface area (Å²) in [6.45, 7) is 13.8. The summed E-state index contributed by atoms with van der Waals surface area (Å²) in [6.07, 6.45) is 4.71. The molecule has 0 aliphatic carbocycles. The fraction of sp³-hybridized carbons (Fsp3) is 1.00. The molecule has 0 aromatic rings. The Morgan fingerprint density at radius 3 is 1.75 bits per heavy atom. The number of unbranched alkanes of at least 4 members (excludes halogenated alkanes) is 2. The van der Waals surface area contributed by atoms with Crippen LogP contribution in [0, 0.1) is 5.41 Å². The van der Waals surface area contributed by atoms with Crippen molar-refractivity contribution in [3.63, 3.8) is 0 Å². The Morgan fingerprint density at radius 2 is 1.44 bits per heavy atom. The third-order valence-corrected chi connectivity index (χ3v) is 3.09. The molecule has 0 spiro atoms. The van der Waals surface area contributed by atoms with E-state index in [2.05, 4.69) is 39.5 Å². The standard InChI is InChI=1S/C14H31NO/c1-6-8-10-15(11-9-7-2)12-13(16)14(3,4)5/h13,16H,6-12H2,1-5H3. The number of hydrogen-bond acceptors (Lipinski definition) is 2. The van der Waals surface area contributed by atoms with Crippen LogP contribution in [-0.4, -0.2) is 35.7 Å². The van der Waals surface area contributed by atoms with Crippen LogP contribution >= 0.6 is 0 Å². The lowest BCUT2D eigenvalue weighted by Crippen LogP contribution is -2.40. The Hall–Kier alpha value is -0.0800. The maximum atomic E-state index is 10.1. The van der Waals surface area contributed by atoms with Crippen LogP contribution in [-0.2, 0) is 0 Å². The Kier molecular flexibility index (Phi) is 8.04. The average molecular weight is 229 g/mol. The topological polar surface area (TPSA) is 23.5 Å². The van der Waals surface area contributed by atoms with Crippen LogP contribution in [0.25, 0.3) is 0 Å². The molecule has 1 atom stereocenters. The monoisotopic (exact) mass is 229 g/mol. The Bertz CT molecular complexity index is 155. The van der Waals surface area contributed by atoms with Crippen molar-refractivity contribution in [3.8, 4) is 0 Å². The average Bonchev–Trinajstić information content (AvgIpc) is 2.20. The van der Waals surface area contributed by atoms with Crippen molar-refractivity contribution < 1.29 is 5.11 Å². The number of rotatable bonds is 8. The lowest BCUT2D eigenvalue weighted by atomic mass is 9.89. The van der Waals surface area contributed by atoms with Gasteiger partial charge in [0.15, 0.2) is 0 Å². The van der Waals surface area contributed by atoms with Crippen molar-refractivity contribution in [2.45, 2.75) is 66.4 Å². The quantitative estimate of drug-likeness (QED) is 0.690. The fourth-order valence-corrected chi connectivity index (χ4v) is 1.58. The van der Waals surface area contributed by atoms with E-state index < -0.39 is 0 Å². The maximum absolute atomic E-state index is 10.1. The van der Waals surface area contributed by atoms with Crippen molar-refractivity contribution in [3.05, 3.63) is 0 Å². The van der Waals surface area contributed by atoms with Gasteiger partial charge in [0.05, 0.1) is 6.10 Å². The molecule has 0 saturated carbocycles. The molecular formula is C14H31NO. The van der Waals surface area contributed by atoms with Crippen LogP contribution < -0.4 is 0 Å². The van der Waals surface area contributed by atoms with E-state index in [9.17, 15) is 5.11 Å². The molecule has 0 fully saturated rings. The van der Waals surface area contributed by atoms with Gasteiger partial charge >= 0.3 is 0 Å². The maximum Gasteiger partial charge on any atom is 0.0715 e. The van der Waals surface area contributed by atoms with Gasteiger partial charge in [-0.15, -0.1) is 0 Å². The summed E-state index contributed by atoms with van der Waals surface area (Å²) in [5.41, 5.74) is -0.00329. The number of aliphatic hydroxyl groups is 1. The van der Waals surface area contributed by atoms with E-state index in [1.807, 2.05) is 0 Å². The van der Waals surface area contributed by atoms with E-state index >= 15 is 0 Å². The first-order valence-electron chi connectivity index (χ1n) is 6.82. The van der Waals surface area contributed by atoms with E-state index in [-0.39, 0.29) is 11.5 Å². The van der Waals surface area contributed by atoms with Crippen LogP contribution in [0.15, 0.2) is 0 Å². The minimum atomic E-state index is -0.221.